The molecule has 1 amide bonds. The van der Waals surface area contributed by atoms with Gasteiger partial charge in [-0.3, -0.25) is 4.79 Å². The average Bonchev–Trinajstić information content (AvgIpc) is 3.71. The lowest BCUT2D eigenvalue weighted by atomic mass is 10.1. The molecule has 12 heteroatoms. The summed E-state index contributed by atoms with van der Waals surface area (Å²) in [6, 6.07) is 23.0. The summed E-state index contributed by atoms with van der Waals surface area (Å²) in [5.74, 6) is -1.42. The molecule has 0 atom stereocenters. The highest BCUT2D eigenvalue weighted by Crippen LogP contribution is 2.31. The van der Waals surface area contributed by atoms with Gasteiger partial charge in [0.25, 0.3) is 5.91 Å². The molecule has 0 radical (unpaired) electrons. The Labute approximate surface area is 265 Å². The number of hydrogen-bond acceptors (Lipinski definition) is 7. The number of carbonyl (C=O) groups excluding carboxylic acids is 2. The lowest BCUT2D eigenvalue weighted by Gasteiger charge is -2.17. The number of benzene rings is 3. The first kappa shape index (κ1) is 30.4. The summed E-state index contributed by atoms with van der Waals surface area (Å²) in [5.41, 5.74) is 4.54. The van der Waals surface area contributed by atoms with Crippen molar-refractivity contribution in [2.24, 2.45) is 0 Å². The number of rotatable bonds is 8. The van der Waals surface area contributed by atoms with Crippen LogP contribution in [0.1, 0.15) is 34.5 Å². The molecule has 10 nitrogen and oxygen atoms in total. The van der Waals surface area contributed by atoms with Gasteiger partial charge in [-0.05, 0) is 63.1 Å². The fourth-order valence-corrected chi connectivity index (χ4v) is 7.01. The number of hydrogen-bond donors (Lipinski definition) is 1. The average molecular weight is 644 g/mol. The number of aryl methyl sites for hydroxylation is 2. The van der Waals surface area contributed by atoms with Crippen LogP contribution in [0.4, 0.5) is 5.69 Å². The highest BCUT2D eigenvalue weighted by Gasteiger charge is 2.28. The molecule has 0 bridgehead atoms. The van der Waals surface area contributed by atoms with Gasteiger partial charge >= 0.3 is 5.97 Å². The fraction of sp³-hybridized carbons (Fsp3) is 0.212. The summed E-state index contributed by atoms with van der Waals surface area (Å²) < 4.78 is 34.6. The van der Waals surface area contributed by atoms with Gasteiger partial charge in [0.2, 0.25) is 10.0 Å². The van der Waals surface area contributed by atoms with Crippen molar-refractivity contribution in [1.82, 2.24) is 19.1 Å². The van der Waals surface area contributed by atoms with Gasteiger partial charge in [-0.1, -0.05) is 59.6 Å². The largest absolute Gasteiger partial charge is 0.452 e. The summed E-state index contributed by atoms with van der Waals surface area (Å²) in [6.45, 7) is 4.04. The second kappa shape index (κ2) is 12.4. The monoisotopic (exact) mass is 643 g/mol. The third-order valence-electron chi connectivity index (χ3n) is 7.63. The van der Waals surface area contributed by atoms with Gasteiger partial charge in [0.1, 0.15) is 0 Å². The van der Waals surface area contributed by atoms with E-state index in [9.17, 15) is 18.0 Å². The highest BCUT2D eigenvalue weighted by molar-refractivity contribution is 7.89. The molecule has 6 rings (SSSR count). The van der Waals surface area contributed by atoms with Gasteiger partial charge in [0, 0.05) is 18.7 Å². The van der Waals surface area contributed by atoms with E-state index in [2.05, 4.69) is 10.4 Å². The third kappa shape index (κ3) is 6.19. The van der Waals surface area contributed by atoms with Crippen molar-refractivity contribution in [3.8, 4) is 16.9 Å². The molecule has 0 spiro atoms. The van der Waals surface area contributed by atoms with Gasteiger partial charge in [-0.25, -0.2) is 22.9 Å². The quantitative estimate of drug-likeness (QED) is 0.208. The van der Waals surface area contributed by atoms with Crippen molar-refractivity contribution >= 4 is 50.2 Å². The van der Waals surface area contributed by atoms with Gasteiger partial charge in [0.05, 0.1) is 43.6 Å². The van der Waals surface area contributed by atoms with Crippen LogP contribution in [0.25, 0.3) is 28.0 Å². The molecule has 3 heterocycles. The van der Waals surface area contributed by atoms with Crippen LogP contribution >= 0.6 is 11.6 Å². The van der Waals surface area contributed by atoms with E-state index in [-0.39, 0.29) is 21.2 Å². The van der Waals surface area contributed by atoms with E-state index in [1.54, 1.807) is 17.7 Å². The normalized spacial score (nSPS) is 13.7. The number of amides is 1. The minimum absolute atomic E-state index is 0.0229. The summed E-state index contributed by atoms with van der Waals surface area (Å²) in [5, 5.41) is 7.91. The van der Waals surface area contributed by atoms with Crippen molar-refractivity contribution in [3.05, 3.63) is 101 Å². The van der Waals surface area contributed by atoms with Crippen LogP contribution < -0.4 is 5.32 Å². The maximum absolute atomic E-state index is 13.6. The van der Waals surface area contributed by atoms with Crippen molar-refractivity contribution in [2.75, 3.05) is 25.0 Å². The number of nitrogens with one attached hydrogen (secondary N) is 1. The molecule has 0 saturated carbocycles. The number of carbonyl (C=O) groups is 2. The fourth-order valence-electron chi connectivity index (χ4n) is 5.31. The predicted molar refractivity (Wildman–Crippen MR) is 172 cm³/mol. The van der Waals surface area contributed by atoms with E-state index < -0.39 is 28.5 Å². The zero-order valence-corrected chi connectivity index (χ0v) is 26.2. The van der Waals surface area contributed by atoms with Gasteiger partial charge in [-0.2, -0.15) is 9.40 Å². The number of ether oxygens (including phenoxy) is 1. The van der Waals surface area contributed by atoms with Crippen LogP contribution in [0.3, 0.4) is 0 Å². The van der Waals surface area contributed by atoms with Crippen LogP contribution in [0, 0.1) is 13.8 Å². The Kier molecular flexibility index (Phi) is 8.41. The third-order valence-corrected chi connectivity index (χ3v) is 9.85. The summed E-state index contributed by atoms with van der Waals surface area (Å²) in [6.07, 6.45) is 1.59. The molecule has 1 aliphatic heterocycles. The number of fused-ring (bicyclic) bond motifs is 1. The van der Waals surface area contributed by atoms with Crippen LogP contribution in [-0.2, 0) is 19.6 Å². The number of sulfonamides is 1. The van der Waals surface area contributed by atoms with Crippen LogP contribution in [-0.4, -0.2) is 59.1 Å². The standard InChI is InChI=1S/C33H30ClN5O5S/c1-21-10-12-24(13-11-21)39-32-31(22(2)37-39)26(19-28(36-32)23-8-4-3-5-9-23)33(41)44-20-30(40)35-29-18-25(14-15-27(29)34)45(42,43)38-16-6-7-17-38/h3-5,8-15,18-19H,6-7,16-17,20H2,1-2H3,(H,35,40). The molecule has 2 aromatic heterocycles. The van der Waals surface area contributed by atoms with E-state index in [4.69, 9.17) is 21.3 Å². The Bertz CT molecular complexity index is 2020. The zero-order valence-electron chi connectivity index (χ0n) is 24.7. The number of anilines is 1. The van der Waals surface area contributed by atoms with Crippen molar-refractivity contribution in [3.63, 3.8) is 0 Å². The minimum atomic E-state index is -3.72. The number of halogens is 1. The first-order chi connectivity index (χ1) is 21.6. The van der Waals surface area contributed by atoms with E-state index >= 15 is 0 Å². The zero-order chi connectivity index (χ0) is 31.7. The van der Waals surface area contributed by atoms with E-state index in [0.717, 1.165) is 29.7 Å². The van der Waals surface area contributed by atoms with Crippen molar-refractivity contribution in [1.29, 1.82) is 0 Å². The molecule has 230 valence electrons. The lowest BCUT2D eigenvalue weighted by Crippen LogP contribution is -2.28. The second-order valence-electron chi connectivity index (χ2n) is 10.8. The Morgan fingerprint density at radius 1 is 0.956 bits per heavy atom. The molecular weight excluding hydrogens is 614 g/mol. The van der Waals surface area contributed by atoms with E-state index in [0.29, 0.717) is 35.5 Å². The smallest absolute Gasteiger partial charge is 0.339 e. The Morgan fingerprint density at radius 2 is 1.67 bits per heavy atom. The maximum atomic E-state index is 13.6. The summed E-state index contributed by atoms with van der Waals surface area (Å²) >= 11 is 6.28. The Balaban J connectivity index is 1.27. The molecule has 45 heavy (non-hydrogen) atoms. The Morgan fingerprint density at radius 3 is 2.38 bits per heavy atom. The first-order valence-corrected chi connectivity index (χ1v) is 16.2. The Hall–Kier alpha value is -4.58. The topological polar surface area (TPSA) is 123 Å². The molecule has 0 aliphatic carbocycles. The van der Waals surface area contributed by atoms with Gasteiger partial charge in [0.15, 0.2) is 12.3 Å². The summed E-state index contributed by atoms with van der Waals surface area (Å²) in [7, 11) is -3.72. The first-order valence-electron chi connectivity index (χ1n) is 14.4. The van der Waals surface area contributed by atoms with Gasteiger partial charge in [-0.15, -0.1) is 0 Å². The van der Waals surface area contributed by atoms with Crippen LogP contribution in [0.5, 0.6) is 0 Å². The van der Waals surface area contributed by atoms with Crippen LogP contribution in [0.15, 0.2) is 83.8 Å². The second-order valence-corrected chi connectivity index (χ2v) is 13.2. The molecular formula is C33H30ClN5O5S. The number of aromatic nitrogens is 3. The predicted octanol–water partition coefficient (Wildman–Crippen LogP) is 5.94. The number of pyridine rings is 1. The van der Waals surface area contributed by atoms with E-state index in [1.165, 1.54) is 22.5 Å². The lowest BCUT2D eigenvalue weighted by molar-refractivity contribution is -0.119. The molecule has 1 aliphatic rings. The van der Waals surface area contributed by atoms with Crippen LogP contribution in [0.2, 0.25) is 5.02 Å². The minimum Gasteiger partial charge on any atom is -0.452 e. The van der Waals surface area contributed by atoms with Gasteiger partial charge < -0.3 is 10.1 Å². The molecule has 0 unspecified atom stereocenters. The molecule has 3 aromatic carbocycles. The van der Waals surface area contributed by atoms with E-state index in [1.807, 2.05) is 61.5 Å². The molecule has 1 N–H and O–H groups in total. The maximum Gasteiger partial charge on any atom is 0.339 e. The number of esters is 1. The summed E-state index contributed by atoms with van der Waals surface area (Å²) in [4.78, 5) is 31.4. The van der Waals surface area contributed by atoms with Crippen molar-refractivity contribution < 1.29 is 22.7 Å². The molecule has 5 aromatic rings. The molecule has 1 fully saturated rings. The number of nitrogens with zero attached hydrogens (tertiary/aromatic N) is 4. The van der Waals surface area contributed by atoms with Crippen molar-refractivity contribution in [2.45, 2.75) is 31.6 Å². The SMILES string of the molecule is Cc1ccc(-n2nc(C)c3c(C(=O)OCC(=O)Nc4cc(S(=O)(=O)N5CCCC5)ccc4Cl)cc(-c4ccccc4)nc32)cc1. The highest BCUT2D eigenvalue weighted by atomic mass is 35.5. The molecule has 1 saturated heterocycles.